The Labute approximate surface area is 418 Å². The van der Waals surface area contributed by atoms with Crippen molar-refractivity contribution in [1.29, 1.82) is 0 Å². The second kappa shape index (κ2) is 17.2. The molecule has 0 unspecified atom stereocenters. The molecule has 0 N–H and O–H groups in total. The SMILES string of the molecule is c1ccc(-c2c(-c3ccccc3)c3cc(-c4ccc(N(c5ccc(-c6cccc7c8ccccc8n(-c8ccccc8)c67)cc5)c5cccc6c5ccc5ccccc56)cc4)ccc3c3ccccc23)cc1. The lowest BCUT2D eigenvalue weighted by atomic mass is 9.84. The summed E-state index contributed by atoms with van der Waals surface area (Å²) < 4.78 is 2.42. The van der Waals surface area contributed by atoms with Gasteiger partial charge in [-0.3, -0.25) is 0 Å². The molecule has 14 rings (SSSR count). The first-order chi connectivity index (χ1) is 35.7. The van der Waals surface area contributed by atoms with E-state index in [1.807, 2.05) is 0 Å². The summed E-state index contributed by atoms with van der Waals surface area (Å²) in [5, 5.41) is 12.4. The van der Waals surface area contributed by atoms with Crippen LogP contribution < -0.4 is 4.90 Å². The van der Waals surface area contributed by atoms with Crippen molar-refractivity contribution in [2.24, 2.45) is 0 Å². The van der Waals surface area contributed by atoms with Crippen LogP contribution in [0.4, 0.5) is 17.1 Å². The zero-order chi connectivity index (χ0) is 47.5. The van der Waals surface area contributed by atoms with Crippen molar-refractivity contribution in [3.8, 4) is 50.2 Å². The van der Waals surface area contributed by atoms with Crippen LogP contribution >= 0.6 is 0 Å². The monoisotopic (exact) mass is 914 g/mol. The summed E-state index contributed by atoms with van der Waals surface area (Å²) in [6.45, 7) is 0. The van der Waals surface area contributed by atoms with E-state index in [0.29, 0.717) is 0 Å². The van der Waals surface area contributed by atoms with Crippen LogP contribution in [0.5, 0.6) is 0 Å². The second-order valence-electron chi connectivity index (χ2n) is 18.8. The molecule has 336 valence electrons. The Balaban J connectivity index is 0.926. The Kier molecular flexibility index (Phi) is 9.89. The molecule has 0 aliphatic rings. The Bertz CT molecular complexity index is 4340. The number of rotatable bonds is 8. The van der Waals surface area contributed by atoms with Crippen LogP contribution in [0.15, 0.2) is 279 Å². The summed E-state index contributed by atoms with van der Waals surface area (Å²) in [4.78, 5) is 2.43. The molecule has 2 nitrogen and oxygen atoms in total. The van der Waals surface area contributed by atoms with Gasteiger partial charge in [-0.25, -0.2) is 0 Å². The molecule has 1 heterocycles. The lowest BCUT2D eigenvalue weighted by Crippen LogP contribution is -2.10. The molecule has 72 heavy (non-hydrogen) atoms. The Morgan fingerprint density at radius 1 is 0.264 bits per heavy atom. The Morgan fingerprint density at radius 3 is 1.49 bits per heavy atom. The number of hydrogen-bond acceptors (Lipinski definition) is 1. The zero-order valence-electron chi connectivity index (χ0n) is 39.5. The molecule has 0 bridgehead atoms. The minimum absolute atomic E-state index is 1.08. The van der Waals surface area contributed by atoms with Gasteiger partial charge in [0.05, 0.1) is 16.7 Å². The van der Waals surface area contributed by atoms with Crippen LogP contribution in [0.3, 0.4) is 0 Å². The molecular formula is C70H46N2. The third kappa shape index (κ3) is 6.80. The third-order valence-electron chi connectivity index (χ3n) is 14.8. The molecule has 0 saturated carbocycles. The maximum absolute atomic E-state index is 2.43. The van der Waals surface area contributed by atoms with Crippen molar-refractivity contribution in [3.05, 3.63) is 279 Å². The second-order valence-corrected chi connectivity index (χ2v) is 18.8. The van der Waals surface area contributed by atoms with Gasteiger partial charge in [0.1, 0.15) is 0 Å². The van der Waals surface area contributed by atoms with Gasteiger partial charge in [0.25, 0.3) is 0 Å². The molecule has 0 atom stereocenters. The first kappa shape index (κ1) is 41.5. The van der Waals surface area contributed by atoms with E-state index in [-0.39, 0.29) is 0 Å². The van der Waals surface area contributed by atoms with E-state index >= 15 is 0 Å². The van der Waals surface area contributed by atoms with E-state index in [4.69, 9.17) is 0 Å². The lowest BCUT2D eigenvalue weighted by molar-refractivity contribution is 1.18. The topological polar surface area (TPSA) is 8.17 Å². The smallest absolute Gasteiger partial charge is 0.0619 e. The lowest BCUT2D eigenvalue weighted by Gasteiger charge is -2.27. The Hall–Kier alpha value is -9.50. The van der Waals surface area contributed by atoms with Crippen molar-refractivity contribution in [3.63, 3.8) is 0 Å². The van der Waals surface area contributed by atoms with Crippen molar-refractivity contribution < 1.29 is 0 Å². The van der Waals surface area contributed by atoms with Gasteiger partial charge >= 0.3 is 0 Å². The molecule has 0 radical (unpaired) electrons. The minimum Gasteiger partial charge on any atom is -0.310 e. The maximum Gasteiger partial charge on any atom is 0.0619 e. The van der Waals surface area contributed by atoms with Crippen molar-refractivity contribution in [1.82, 2.24) is 4.57 Å². The highest BCUT2D eigenvalue weighted by atomic mass is 15.1. The normalized spacial score (nSPS) is 11.6. The number of nitrogens with zero attached hydrogens (tertiary/aromatic N) is 2. The van der Waals surface area contributed by atoms with Gasteiger partial charge in [-0.15, -0.1) is 0 Å². The standard InChI is InChI=1S/C70H46N2/c1-4-19-50(20-5-1)68-63-28-13-12-26-59(63)60-44-39-52(46-65(60)69(68)51-21-6-2-7-22-51)47-34-40-54(41-35-47)71(66-33-17-30-58-56-25-11-10-18-48(56)38-45-62(58)66)55-42-36-49(37-43-55)57-29-16-31-64-61-27-14-15-32-67(61)72(70(57)64)53-23-8-3-9-24-53/h1-46H. The first-order valence-electron chi connectivity index (χ1n) is 24.8. The molecule has 0 spiro atoms. The fourth-order valence-corrected chi connectivity index (χ4v) is 11.5. The van der Waals surface area contributed by atoms with Crippen molar-refractivity contribution in [2.45, 2.75) is 0 Å². The fourth-order valence-electron chi connectivity index (χ4n) is 11.5. The molecule has 2 heteroatoms. The Morgan fingerprint density at radius 2 is 0.764 bits per heavy atom. The molecule has 0 aliphatic carbocycles. The highest BCUT2D eigenvalue weighted by Crippen LogP contribution is 2.47. The van der Waals surface area contributed by atoms with Crippen LogP contribution in [0.25, 0.3) is 115 Å². The van der Waals surface area contributed by atoms with Crippen LogP contribution in [-0.2, 0) is 0 Å². The molecule has 1 aromatic heterocycles. The van der Waals surface area contributed by atoms with Gasteiger partial charge in [0.2, 0.25) is 0 Å². The van der Waals surface area contributed by atoms with E-state index in [1.165, 1.54) is 98.3 Å². The summed E-state index contributed by atoms with van der Waals surface area (Å²) in [5.74, 6) is 0. The van der Waals surface area contributed by atoms with Crippen LogP contribution in [0, 0.1) is 0 Å². The molecular weight excluding hydrogens is 869 g/mol. The van der Waals surface area contributed by atoms with Crippen molar-refractivity contribution >= 4 is 82.0 Å². The quantitative estimate of drug-likeness (QED) is 0.138. The minimum atomic E-state index is 1.08. The largest absolute Gasteiger partial charge is 0.310 e. The van der Waals surface area contributed by atoms with E-state index in [2.05, 4.69) is 289 Å². The van der Waals surface area contributed by atoms with Crippen LogP contribution in [0.1, 0.15) is 0 Å². The summed E-state index contributed by atoms with van der Waals surface area (Å²) in [7, 11) is 0. The molecule has 0 amide bonds. The predicted molar refractivity (Wildman–Crippen MR) is 307 cm³/mol. The van der Waals surface area contributed by atoms with Gasteiger partial charge in [0, 0.05) is 38.8 Å². The first-order valence-corrected chi connectivity index (χ1v) is 24.8. The number of anilines is 3. The highest BCUT2D eigenvalue weighted by molar-refractivity contribution is 6.22. The van der Waals surface area contributed by atoms with E-state index < -0.39 is 0 Å². The van der Waals surface area contributed by atoms with Crippen LogP contribution in [0.2, 0.25) is 0 Å². The fraction of sp³-hybridized carbons (Fsp3) is 0. The molecule has 0 aliphatic heterocycles. The van der Waals surface area contributed by atoms with E-state index in [1.54, 1.807) is 0 Å². The van der Waals surface area contributed by atoms with E-state index in [0.717, 1.165) is 33.9 Å². The molecule has 14 aromatic rings. The summed E-state index contributed by atoms with van der Waals surface area (Å²) in [6, 6.07) is 102. The molecule has 13 aromatic carbocycles. The summed E-state index contributed by atoms with van der Waals surface area (Å²) in [6.07, 6.45) is 0. The predicted octanol–water partition coefficient (Wildman–Crippen LogP) is 19.5. The average Bonchev–Trinajstić information content (AvgIpc) is 3.80. The zero-order valence-corrected chi connectivity index (χ0v) is 39.5. The van der Waals surface area contributed by atoms with Gasteiger partial charge in [-0.1, -0.05) is 224 Å². The van der Waals surface area contributed by atoms with Crippen molar-refractivity contribution in [2.75, 3.05) is 4.90 Å². The number of fused-ring (bicyclic) bond motifs is 9. The van der Waals surface area contributed by atoms with Gasteiger partial charge in [0.15, 0.2) is 0 Å². The molecule has 0 saturated heterocycles. The van der Waals surface area contributed by atoms with Crippen LogP contribution in [-0.4, -0.2) is 4.57 Å². The van der Waals surface area contributed by atoms with Gasteiger partial charge in [-0.05, 0) is 131 Å². The maximum atomic E-state index is 2.43. The number of para-hydroxylation sites is 3. The average molecular weight is 915 g/mol. The summed E-state index contributed by atoms with van der Waals surface area (Å²) in [5.41, 5.74) is 16.5. The third-order valence-corrected chi connectivity index (χ3v) is 14.8. The van der Waals surface area contributed by atoms with Gasteiger partial charge < -0.3 is 9.47 Å². The molecule has 0 fully saturated rings. The number of hydrogen-bond donors (Lipinski definition) is 0. The number of benzene rings is 13. The number of aromatic nitrogens is 1. The van der Waals surface area contributed by atoms with Gasteiger partial charge in [-0.2, -0.15) is 0 Å². The van der Waals surface area contributed by atoms with E-state index in [9.17, 15) is 0 Å². The highest BCUT2D eigenvalue weighted by Gasteiger charge is 2.21. The summed E-state index contributed by atoms with van der Waals surface area (Å²) >= 11 is 0.